The number of aromatic hydroxyl groups is 3. The third-order valence-corrected chi connectivity index (χ3v) is 17.0. The van der Waals surface area contributed by atoms with E-state index < -0.39 is 0 Å². The molecule has 0 aliphatic heterocycles. The molecule has 1 radical (unpaired) electrons. The van der Waals surface area contributed by atoms with E-state index in [9.17, 15) is 15.3 Å². The minimum atomic E-state index is 0.114. The fourth-order valence-electron chi connectivity index (χ4n) is 11.6. The van der Waals surface area contributed by atoms with Crippen LogP contribution in [0.4, 0.5) is 28.4 Å². The fourth-order valence-corrected chi connectivity index (χ4v) is 12.0. The van der Waals surface area contributed by atoms with E-state index >= 15 is 0 Å². The van der Waals surface area contributed by atoms with Gasteiger partial charge in [0.1, 0.15) is 16.7 Å². The Morgan fingerprint density at radius 2 is 0.615 bits per heavy atom. The molecule has 0 spiro atoms. The van der Waals surface area contributed by atoms with Crippen LogP contribution in [0.25, 0.3) is 110 Å². The van der Waals surface area contributed by atoms with Crippen molar-refractivity contribution in [3.05, 3.63) is 338 Å². The first-order chi connectivity index (χ1) is 47.2. The number of rotatable bonds is 9. The quantitative estimate of drug-likeness (QED) is 0.0714. The van der Waals surface area contributed by atoms with Crippen LogP contribution in [0.1, 0.15) is 0 Å². The number of nitrogens with one attached hydrogen (secondary N) is 1. The Morgan fingerprint density at radius 1 is 0.312 bits per heavy atom. The fraction of sp³-hybridized carbons (Fsp3) is 0. The number of para-hydroxylation sites is 4. The Balaban J connectivity index is 0.000000124. The van der Waals surface area contributed by atoms with Gasteiger partial charge >= 0.3 is 24.8 Å². The Morgan fingerprint density at radius 3 is 1.01 bits per heavy atom. The summed E-state index contributed by atoms with van der Waals surface area (Å²) in [5.74, 6) is 0.463. The molecule has 0 aliphatic rings. The van der Waals surface area contributed by atoms with Gasteiger partial charge in [0.25, 0.3) is 0 Å². The van der Waals surface area contributed by atoms with Gasteiger partial charge < -0.3 is 38.8 Å². The monoisotopic (exact) mass is 1330 g/mol. The van der Waals surface area contributed by atoms with E-state index in [0.717, 1.165) is 94.1 Å². The molecule has 3 aromatic heterocycles. The van der Waals surface area contributed by atoms with Crippen molar-refractivity contribution in [3.63, 3.8) is 0 Å². The predicted molar refractivity (Wildman–Crippen MR) is 404 cm³/mol. The molecular weight excluding hydrogens is 1270 g/mol. The van der Waals surface area contributed by atoms with Crippen LogP contribution in [0.2, 0.25) is 0 Å². The molecule has 96 heavy (non-hydrogen) atoms. The smallest absolute Gasteiger partial charge is 0.0384 e. The van der Waals surface area contributed by atoms with Crippen molar-refractivity contribution in [1.82, 2.24) is 0 Å². The molecule has 9 nitrogen and oxygen atoms in total. The number of hydrogen-bond donors (Lipinski definition) is 5. The predicted octanol–water partition coefficient (Wildman–Crippen LogP) is 24.4. The van der Waals surface area contributed by atoms with Crippen LogP contribution >= 0.6 is 28.7 Å². The average molecular weight is 1330 g/mol. The summed E-state index contributed by atoms with van der Waals surface area (Å²) in [4.78, 5) is 2.07. The molecular formula is C84H60BBrN3O6S. The Bertz CT molecular complexity index is 5280. The third-order valence-electron chi connectivity index (χ3n) is 16.3. The molecule has 0 aliphatic carbocycles. The standard InChI is InChI=1S/C36H25NO2.C24H19N.C12H7BrO2.C12H8O2.BHNS/c38-35-33(24-23-32-31-13-7-8-14-34(31)39-36(32)35)37(29-19-15-27(16-20-29)25-9-3-1-4-10-25)30-21-17-28(18-22-30)26-11-5-2-6-12-26;1-3-7-19(8-4-1)21-11-15-23(16-12-21)25-24-17-13-22(14-18-24)20-9-5-2-6-10-20;13-9-6-5-8-7-3-1-2-4-10(7)15-12(8)11(9)14;13-10-6-3-5-9-8-4-1-2-7-11(8)14-12(9)10;1-2-3/h1-24,38H;1-18,25H;1-6,14H;1-7,13H;3H. The van der Waals surface area contributed by atoms with E-state index in [4.69, 9.17) is 13.3 Å². The van der Waals surface area contributed by atoms with Gasteiger partial charge in [0, 0.05) is 55.1 Å². The number of thiol groups is 1. The molecule has 12 heteroatoms. The van der Waals surface area contributed by atoms with E-state index in [-0.39, 0.29) is 17.2 Å². The van der Waals surface area contributed by atoms with Crippen molar-refractivity contribution in [2.75, 3.05) is 10.2 Å². The zero-order chi connectivity index (χ0) is 65.7. The first-order valence-electron chi connectivity index (χ1n) is 30.9. The van der Waals surface area contributed by atoms with Crippen LogP contribution in [0.15, 0.2) is 356 Å². The second-order valence-electron chi connectivity index (χ2n) is 22.3. The summed E-state index contributed by atoms with van der Waals surface area (Å²) < 4.78 is 20.6. The van der Waals surface area contributed by atoms with E-state index in [1.54, 1.807) is 6.07 Å². The van der Waals surface area contributed by atoms with Gasteiger partial charge in [0.2, 0.25) is 0 Å². The summed E-state index contributed by atoms with van der Waals surface area (Å²) in [5, 5.41) is 40.3. The largest absolute Gasteiger partial charge is 0.356 e. The maximum atomic E-state index is 11.6. The Kier molecular flexibility index (Phi) is 19.3. The van der Waals surface area contributed by atoms with Crippen molar-refractivity contribution in [1.29, 1.82) is 0 Å². The van der Waals surface area contributed by atoms with Crippen molar-refractivity contribution in [2.45, 2.75) is 0 Å². The van der Waals surface area contributed by atoms with E-state index in [0.29, 0.717) is 26.9 Å². The molecule has 17 rings (SSSR count). The third kappa shape index (κ3) is 13.9. The minimum Gasteiger partial charge on any atom is -0.356 e. The molecule has 0 fully saturated rings. The molecule has 4 N–H and O–H groups in total. The SMILES string of the molecule is Oc1c(Br)ccc2c1oc1ccccc12.Oc1c(N(c2ccc(-c3ccccc3)cc2)c2ccc(-c3ccccc3)cc2)ccc2c1oc1ccccc12.Oc1cccc2c1oc1ccccc12.[B]=NS.c1ccc(-c2ccc(Nc3ccc(-c4ccccc4)cc3)cc2)cc1. The molecule has 0 atom stereocenters. The zero-order valence-electron chi connectivity index (χ0n) is 51.6. The Labute approximate surface area is 569 Å². The van der Waals surface area contributed by atoms with Gasteiger partial charge in [-0.2, -0.15) is 0 Å². The maximum absolute atomic E-state index is 11.6. The second-order valence-corrected chi connectivity index (χ2v) is 23.4. The van der Waals surface area contributed by atoms with Crippen LogP contribution in [0.3, 0.4) is 0 Å². The molecule has 0 bridgehead atoms. The van der Waals surface area contributed by atoms with Gasteiger partial charge in [0.15, 0.2) is 34.0 Å². The van der Waals surface area contributed by atoms with Gasteiger partial charge in [-0.3, -0.25) is 0 Å². The number of fused-ring (bicyclic) bond motifs is 9. The van der Waals surface area contributed by atoms with Crippen molar-refractivity contribution in [2.24, 2.45) is 4.30 Å². The van der Waals surface area contributed by atoms with Gasteiger partial charge in [-0.25, -0.2) is 0 Å². The molecule has 14 aromatic carbocycles. The van der Waals surface area contributed by atoms with Crippen LogP contribution in [-0.2, 0) is 0 Å². The molecule has 0 saturated carbocycles. The van der Waals surface area contributed by atoms with Gasteiger partial charge in [0.05, 0.1) is 10.2 Å². The summed E-state index contributed by atoms with van der Waals surface area (Å²) >= 11 is 6.45. The summed E-state index contributed by atoms with van der Waals surface area (Å²) in [7, 11) is 4.34. The topological polar surface area (TPSA) is 128 Å². The molecule has 0 saturated heterocycles. The molecule has 0 amide bonds. The summed E-state index contributed by atoms with van der Waals surface area (Å²) in [5.41, 5.74) is 18.2. The first kappa shape index (κ1) is 63.0. The normalized spacial score (nSPS) is 10.8. The van der Waals surface area contributed by atoms with E-state index in [1.807, 2.05) is 158 Å². The van der Waals surface area contributed by atoms with Gasteiger partial charge in [-0.15, -0.1) is 0 Å². The number of phenols is 3. The minimum absolute atomic E-state index is 0.114. The second kappa shape index (κ2) is 29.4. The van der Waals surface area contributed by atoms with Crippen LogP contribution in [0, 0.1) is 0 Å². The van der Waals surface area contributed by atoms with Crippen LogP contribution in [0.5, 0.6) is 17.2 Å². The number of hydrogen-bond acceptors (Lipinski definition) is 10. The van der Waals surface area contributed by atoms with Crippen molar-refractivity contribution >= 4 is 131 Å². The van der Waals surface area contributed by atoms with Crippen LogP contribution in [-0.4, -0.2) is 23.0 Å². The number of halogens is 1. The van der Waals surface area contributed by atoms with Crippen molar-refractivity contribution in [3.8, 4) is 61.8 Å². The van der Waals surface area contributed by atoms with E-state index in [2.05, 4.69) is 221 Å². The van der Waals surface area contributed by atoms with E-state index in [1.165, 1.54) is 22.3 Å². The number of benzene rings is 14. The average Bonchev–Trinajstić information content (AvgIpc) is 1.13. The number of furan rings is 3. The zero-order valence-corrected chi connectivity index (χ0v) is 54.1. The number of nitrogens with zero attached hydrogens (tertiary/aromatic N) is 2. The molecule has 17 aromatic rings. The summed E-state index contributed by atoms with van der Waals surface area (Å²) in [6.07, 6.45) is 0. The summed E-state index contributed by atoms with van der Waals surface area (Å²) in [6, 6.07) is 112. The number of anilines is 5. The van der Waals surface area contributed by atoms with Gasteiger partial charge in [-0.05, 0) is 157 Å². The van der Waals surface area contributed by atoms with Crippen molar-refractivity contribution < 1.29 is 28.6 Å². The van der Waals surface area contributed by atoms with Gasteiger partial charge in [-0.1, -0.05) is 237 Å². The molecule has 3 heterocycles. The van der Waals surface area contributed by atoms with Crippen LogP contribution < -0.4 is 10.2 Å². The molecule has 0 unspecified atom stereocenters. The maximum Gasteiger partial charge on any atom is 0.0384 e. The number of phenolic OH excluding ortho intramolecular Hbond substituents is 3. The molecule has 463 valence electrons. The summed E-state index contributed by atoms with van der Waals surface area (Å²) in [6.45, 7) is 0. The first-order valence-corrected chi connectivity index (χ1v) is 32.1. The Hall–Kier alpha value is -11.8.